The maximum absolute atomic E-state index is 13.5. The highest BCUT2D eigenvalue weighted by atomic mass is 19.1. The molecule has 0 radical (unpaired) electrons. The average molecular weight is 232 g/mol. The highest BCUT2D eigenvalue weighted by Crippen LogP contribution is 2.22. The van der Waals surface area contributed by atoms with E-state index in [9.17, 15) is 8.78 Å². The number of hydrogen-bond donors (Lipinski definition) is 0. The van der Waals surface area contributed by atoms with E-state index in [1.165, 1.54) is 18.2 Å². The van der Waals surface area contributed by atoms with Crippen molar-refractivity contribution in [1.82, 2.24) is 0 Å². The van der Waals surface area contributed by atoms with Crippen molar-refractivity contribution in [3.05, 3.63) is 71.3 Å². The normalized spacial score (nSPS) is 12.4. The van der Waals surface area contributed by atoms with Gasteiger partial charge in [0.15, 0.2) is 0 Å². The van der Waals surface area contributed by atoms with Gasteiger partial charge in [-0.3, -0.25) is 0 Å². The summed E-state index contributed by atoms with van der Waals surface area (Å²) < 4.78 is 26.3. The van der Waals surface area contributed by atoms with Crippen LogP contribution in [0.4, 0.5) is 8.78 Å². The minimum Gasteiger partial charge on any atom is -0.207 e. The van der Waals surface area contributed by atoms with Crippen LogP contribution in [0.3, 0.4) is 0 Å². The summed E-state index contributed by atoms with van der Waals surface area (Å²) >= 11 is 0. The van der Waals surface area contributed by atoms with E-state index in [4.69, 9.17) is 0 Å². The molecule has 0 aliphatic rings. The first-order valence-corrected chi connectivity index (χ1v) is 5.65. The molecule has 0 fully saturated rings. The Balaban J connectivity index is 2.14. The van der Waals surface area contributed by atoms with Gasteiger partial charge in [0.25, 0.3) is 0 Å². The first kappa shape index (κ1) is 11.8. The fraction of sp³-hybridized carbons (Fsp3) is 0.200. The van der Waals surface area contributed by atoms with Gasteiger partial charge in [-0.2, -0.15) is 0 Å². The van der Waals surface area contributed by atoms with Crippen molar-refractivity contribution in [2.24, 2.45) is 0 Å². The van der Waals surface area contributed by atoms with Crippen LogP contribution in [0.5, 0.6) is 0 Å². The largest absolute Gasteiger partial charge is 0.207 e. The molecule has 0 saturated carbocycles. The molecule has 2 aromatic carbocycles. The molecule has 0 amide bonds. The third-order valence-corrected chi connectivity index (χ3v) is 2.89. The van der Waals surface area contributed by atoms with Crippen molar-refractivity contribution in [1.29, 1.82) is 0 Å². The Morgan fingerprint density at radius 1 is 0.941 bits per heavy atom. The Morgan fingerprint density at radius 2 is 1.59 bits per heavy atom. The lowest BCUT2D eigenvalue weighted by atomic mass is 9.93. The molecule has 1 unspecified atom stereocenters. The lowest BCUT2D eigenvalue weighted by molar-refractivity contribution is 0.587. The second-order valence-corrected chi connectivity index (χ2v) is 4.25. The SMILES string of the molecule is CC(Cc1ccc(F)cc1)c1ccccc1F. The van der Waals surface area contributed by atoms with Gasteiger partial charge in [-0.15, -0.1) is 0 Å². The van der Waals surface area contributed by atoms with Crippen LogP contribution in [0.1, 0.15) is 24.0 Å². The van der Waals surface area contributed by atoms with Crippen LogP contribution in [0, 0.1) is 11.6 Å². The second kappa shape index (κ2) is 5.09. The van der Waals surface area contributed by atoms with Gasteiger partial charge < -0.3 is 0 Å². The maximum Gasteiger partial charge on any atom is 0.126 e. The molecular weight excluding hydrogens is 218 g/mol. The molecule has 0 N–H and O–H groups in total. The summed E-state index contributed by atoms with van der Waals surface area (Å²) in [6.45, 7) is 1.97. The zero-order chi connectivity index (χ0) is 12.3. The number of hydrogen-bond acceptors (Lipinski definition) is 0. The number of halogens is 2. The third kappa shape index (κ3) is 2.90. The predicted octanol–water partition coefficient (Wildman–Crippen LogP) is 4.31. The summed E-state index contributed by atoms with van der Waals surface area (Å²) in [5, 5.41) is 0. The van der Waals surface area contributed by atoms with E-state index in [1.54, 1.807) is 24.3 Å². The Hall–Kier alpha value is -1.70. The summed E-state index contributed by atoms with van der Waals surface area (Å²) in [6, 6.07) is 13.1. The highest BCUT2D eigenvalue weighted by Gasteiger charge is 2.10. The number of benzene rings is 2. The third-order valence-electron chi connectivity index (χ3n) is 2.89. The molecule has 0 bridgehead atoms. The first-order valence-electron chi connectivity index (χ1n) is 5.65. The van der Waals surface area contributed by atoms with Crippen molar-refractivity contribution >= 4 is 0 Å². The second-order valence-electron chi connectivity index (χ2n) is 4.25. The standard InChI is InChI=1S/C15H14F2/c1-11(14-4-2-3-5-15(14)17)10-12-6-8-13(16)9-7-12/h2-9,11H,10H2,1H3. The Morgan fingerprint density at radius 3 is 2.24 bits per heavy atom. The predicted molar refractivity (Wildman–Crippen MR) is 64.9 cm³/mol. The van der Waals surface area contributed by atoms with Crippen LogP contribution in [0.2, 0.25) is 0 Å². The van der Waals surface area contributed by atoms with Crippen molar-refractivity contribution in [2.45, 2.75) is 19.3 Å². The van der Waals surface area contributed by atoms with Crippen LogP contribution < -0.4 is 0 Å². The van der Waals surface area contributed by atoms with Crippen LogP contribution in [0.25, 0.3) is 0 Å². The molecular formula is C15H14F2. The van der Waals surface area contributed by atoms with E-state index in [2.05, 4.69) is 0 Å². The molecule has 0 heterocycles. The highest BCUT2D eigenvalue weighted by molar-refractivity contribution is 5.25. The van der Waals surface area contributed by atoms with Crippen molar-refractivity contribution < 1.29 is 8.78 Å². The molecule has 2 rings (SSSR count). The summed E-state index contributed by atoms with van der Waals surface area (Å²) in [4.78, 5) is 0. The van der Waals surface area contributed by atoms with E-state index in [-0.39, 0.29) is 17.6 Å². The topological polar surface area (TPSA) is 0 Å². The van der Waals surface area contributed by atoms with Gasteiger partial charge in [0.2, 0.25) is 0 Å². The molecule has 17 heavy (non-hydrogen) atoms. The minimum absolute atomic E-state index is 0.0849. The van der Waals surface area contributed by atoms with Gasteiger partial charge in [-0.25, -0.2) is 8.78 Å². The first-order chi connectivity index (χ1) is 8.16. The molecule has 2 aromatic rings. The van der Waals surface area contributed by atoms with Gasteiger partial charge in [0.1, 0.15) is 11.6 Å². The van der Waals surface area contributed by atoms with Crippen molar-refractivity contribution in [3.8, 4) is 0 Å². The smallest absolute Gasteiger partial charge is 0.126 e. The Bertz CT molecular complexity index is 489. The van der Waals surface area contributed by atoms with E-state index in [0.29, 0.717) is 12.0 Å². The lowest BCUT2D eigenvalue weighted by Crippen LogP contribution is -2.01. The lowest BCUT2D eigenvalue weighted by Gasteiger charge is -2.12. The Kier molecular flexibility index (Phi) is 3.52. The summed E-state index contributed by atoms with van der Waals surface area (Å²) in [5.41, 5.74) is 1.72. The fourth-order valence-corrected chi connectivity index (χ4v) is 1.96. The molecule has 88 valence electrons. The van der Waals surface area contributed by atoms with Crippen LogP contribution in [-0.4, -0.2) is 0 Å². The van der Waals surface area contributed by atoms with Crippen LogP contribution in [0.15, 0.2) is 48.5 Å². The van der Waals surface area contributed by atoms with E-state index in [0.717, 1.165) is 5.56 Å². The van der Waals surface area contributed by atoms with E-state index in [1.807, 2.05) is 13.0 Å². The molecule has 0 aliphatic carbocycles. The Labute approximate surface area is 99.9 Å². The molecule has 0 aliphatic heterocycles. The van der Waals surface area contributed by atoms with Crippen molar-refractivity contribution in [3.63, 3.8) is 0 Å². The molecule has 0 spiro atoms. The summed E-state index contributed by atoms with van der Waals surface area (Å²) in [5.74, 6) is -0.337. The summed E-state index contributed by atoms with van der Waals surface area (Å²) in [7, 11) is 0. The minimum atomic E-state index is -0.243. The molecule has 0 saturated heterocycles. The average Bonchev–Trinajstić information content (AvgIpc) is 2.32. The molecule has 2 heteroatoms. The molecule has 0 aromatic heterocycles. The summed E-state index contributed by atoms with van der Waals surface area (Å²) in [6.07, 6.45) is 0.710. The molecule has 1 atom stereocenters. The van der Waals surface area contributed by atoms with Crippen molar-refractivity contribution in [2.75, 3.05) is 0 Å². The zero-order valence-electron chi connectivity index (χ0n) is 9.66. The van der Waals surface area contributed by atoms with E-state index < -0.39 is 0 Å². The number of rotatable bonds is 3. The fourth-order valence-electron chi connectivity index (χ4n) is 1.96. The van der Waals surface area contributed by atoms with Gasteiger partial charge in [-0.1, -0.05) is 37.3 Å². The van der Waals surface area contributed by atoms with Gasteiger partial charge in [-0.05, 0) is 41.7 Å². The molecule has 0 nitrogen and oxygen atoms in total. The monoisotopic (exact) mass is 232 g/mol. The van der Waals surface area contributed by atoms with Crippen LogP contribution in [-0.2, 0) is 6.42 Å². The zero-order valence-corrected chi connectivity index (χ0v) is 9.66. The van der Waals surface area contributed by atoms with Crippen LogP contribution >= 0.6 is 0 Å². The quantitative estimate of drug-likeness (QED) is 0.739. The maximum atomic E-state index is 13.5. The van der Waals surface area contributed by atoms with E-state index >= 15 is 0 Å². The van der Waals surface area contributed by atoms with Gasteiger partial charge in [0.05, 0.1) is 0 Å². The van der Waals surface area contributed by atoms with Gasteiger partial charge in [0, 0.05) is 0 Å². The van der Waals surface area contributed by atoms with Gasteiger partial charge >= 0.3 is 0 Å².